The van der Waals surface area contributed by atoms with Gasteiger partial charge in [-0.2, -0.15) is 4.98 Å². The molecule has 0 aromatic carbocycles. The highest BCUT2D eigenvalue weighted by Crippen LogP contribution is 2.00. The van der Waals surface area contributed by atoms with E-state index in [2.05, 4.69) is 25.4 Å². The fraction of sp³-hybridized carbons (Fsp3) is 0. The van der Waals surface area contributed by atoms with Crippen molar-refractivity contribution in [2.24, 2.45) is 0 Å². The molecule has 0 aliphatic carbocycles. The summed E-state index contributed by atoms with van der Waals surface area (Å²) in [6, 6.07) is 0. The molecule has 8 heteroatoms. The first-order valence-corrected chi connectivity index (χ1v) is 3.67. The van der Waals surface area contributed by atoms with Gasteiger partial charge in [-0.1, -0.05) is 0 Å². The van der Waals surface area contributed by atoms with Gasteiger partial charge in [0.1, 0.15) is 0 Å². The van der Waals surface area contributed by atoms with Crippen molar-refractivity contribution >= 4 is 17.1 Å². The zero-order valence-electron chi connectivity index (χ0n) is 6.85. The number of H-pyrrole nitrogens is 1. The Morgan fingerprint density at radius 2 is 2.14 bits per heavy atom. The van der Waals surface area contributed by atoms with Crippen LogP contribution in [0.5, 0.6) is 0 Å². The topological polar surface area (TPSA) is 116 Å². The second-order valence-electron chi connectivity index (χ2n) is 2.38. The van der Waals surface area contributed by atoms with E-state index in [1.165, 1.54) is 12.4 Å². The van der Waals surface area contributed by atoms with Crippen LogP contribution in [0.1, 0.15) is 0 Å². The van der Waals surface area contributed by atoms with Crippen LogP contribution in [-0.4, -0.2) is 25.1 Å². The van der Waals surface area contributed by atoms with Crippen molar-refractivity contribution in [1.29, 1.82) is 0 Å². The van der Waals surface area contributed by atoms with Crippen LogP contribution >= 0.6 is 0 Å². The maximum absolute atomic E-state index is 11.3. The van der Waals surface area contributed by atoms with E-state index in [0.717, 1.165) is 0 Å². The first kappa shape index (κ1) is 8.53. The number of anilines is 1. The molecule has 0 spiro atoms. The fourth-order valence-electron chi connectivity index (χ4n) is 0.985. The molecule has 0 aliphatic rings. The standard InChI is InChI=1S/C6H6N6O2/c13-5-3-4(8-2-1-7-3)9-6(10-5)11-12-14/h1-2,12,14H,(H2,8,9,10,11,13). The lowest BCUT2D eigenvalue weighted by Crippen LogP contribution is -2.22. The first-order valence-electron chi connectivity index (χ1n) is 3.67. The Balaban J connectivity index is 2.66. The fourth-order valence-corrected chi connectivity index (χ4v) is 0.985. The van der Waals surface area contributed by atoms with Crippen molar-refractivity contribution in [3.8, 4) is 0 Å². The van der Waals surface area contributed by atoms with Crippen molar-refractivity contribution in [1.82, 2.24) is 25.5 Å². The van der Waals surface area contributed by atoms with Crippen molar-refractivity contribution < 1.29 is 5.21 Å². The van der Waals surface area contributed by atoms with Crippen LogP contribution in [0, 0.1) is 0 Å². The van der Waals surface area contributed by atoms with E-state index in [1.807, 2.05) is 0 Å². The second-order valence-corrected chi connectivity index (χ2v) is 2.38. The van der Waals surface area contributed by atoms with Gasteiger partial charge in [0.15, 0.2) is 11.2 Å². The molecule has 2 aromatic heterocycles. The highest BCUT2D eigenvalue weighted by atomic mass is 16.5. The Bertz CT molecular complexity index is 509. The molecule has 0 atom stereocenters. The molecular formula is C6H6N6O2. The molecular weight excluding hydrogens is 188 g/mol. The van der Waals surface area contributed by atoms with Gasteiger partial charge in [0.25, 0.3) is 5.56 Å². The van der Waals surface area contributed by atoms with Crippen LogP contribution < -0.4 is 16.6 Å². The van der Waals surface area contributed by atoms with Crippen LogP contribution in [0.3, 0.4) is 0 Å². The summed E-state index contributed by atoms with van der Waals surface area (Å²) in [4.78, 5) is 25.2. The minimum absolute atomic E-state index is 0.0606. The van der Waals surface area contributed by atoms with E-state index in [0.29, 0.717) is 0 Å². The van der Waals surface area contributed by atoms with E-state index in [-0.39, 0.29) is 17.1 Å². The molecule has 0 unspecified atom stereocenters. The van der Waals surface area contributed by atoms with E-state index in [9.17, 15) is 4.79 Å². The Morgan fingerprint density at radius 3 is 2.93 bits per heavy atom. The maximum Gasteiger partial charge on any atom is 0.280 e. The van der Waals surface area contributed by atoms with Gasteiger partial charge in [-0.15, -0.1) is 5.59 Å². The molecule has 72 valence electrons. The number of nitrogens with zero attached hydrogens (tertiary/aromatic N) is 3. The molecule has 0 aliphatic heterocycles. The quantitative estimate of drug-likeness (QED) is 0.454. The van der Waals surface area contributed by atoms with Gasteiger partial charge in [-0.05, 0) is 0 Å². The summed E-state index contributed by atoms with van der Waals surface area (Å²) in [5.74, 6) is 0.0606. The second kappa shape index (κ2) is 3.36. The Hall–Kier alpha value is -2.06. The predicted molar refractivity (Wildman–Crippen MR) is 46.5 cm³/mol. The van der Waals surface area contributed by atoms with Crippen LogP contribution in [-0.2, 0) is 0 Å². The van der Waals surface area contributed by atoms with Gasteiger partial charge in [0.2, 0.25) is 5.95 Å². The van der Waals surface area contributed by atoms with Gasteiger partial charge in [0, 0.05) is 12.4 Å². The van der Waals surface area contributed by atoms with Crippen molar-refractivity contribution in [2.45, 2.75) is 0 Å². The Morgan fingerprint density at radius 1 is 1.36 bits per heavy atom. The Kier molecular flexibility index (Phi) is 2.05. The predicted octanol–water partition coefficient (Wildman–Crippen LogP) is -0.981. The molecule has 2 rings (SSSR count). The zero-order valence-corrected chi connectivity index (χ0v) is 6.85. The van der Waals surface area contributed by atoms with Crippen LogP contribution in [0.15, 0.2) is 17.2 Å². The molecule has 8 nitrogen and oxygen atoms in total. The molecule has 0 amide bonds. The molecule has 0 fully saturated rings. The first-order chi connectivity index (χ1) is 6.81. The lowest BCUT2D eigenvalue weighted by Gasteiger charge is -2.01. The molecule has 14 heavy (non-hydrogen) atoms. The van der Waals surface area contributed by atoms with Crippen molar-refractivity contribution in [3.05, 3.63) is 22.7 Å². The van der Waals surface area contributed by atoms with Gasteiger partial charge in [-0.25, -0.2) is 9.97 Å². The molecule has 0 saturated heterocycles. The summed E-state index contributed by atoms with van der Waals surface area (Å²) in [7, 11) is 0. The molecule has 0 saturated carbocycles. The third-order valence-corrected chi connectivity index (χ3v) is 1.52. The number of rotatable bonds is 2. The van der Waals surface area contributed by atoms with Gasteiger partial charge in [0.05, 0.1) is 0 Å². The smallest absolute Gasteiger partial charge is 0.280 e. The van der Waals surface area contributed by atoms with Gasteiger partial charge < -0.3 is 0 Å². The highest BCUT2D eigenvalue weighted by molar-refractivity contribution is 5.68. The number of hydrogen-bond acceptors (Lipinski definition) is 7. The van der Waals surface area contributed by atoms with Crippen LogP contribution in [0.25, 0.3) is 11.2 Å². The van der Waals surface area contributed by atoms with E-state index >= 15 is 0 Å². The van der Waals surface area contributed by atoms with E-state index in [1.54, 1.807) is 5.59 Å². The Labute approximate surface area is 77.0 Å². The van der Waals surface area contributed by atoms with Gasteiger partial charge >= 0.3 is 0 Å². The summed E-state index contributed by atoms with van der Waals surface area (Å²) >= 11 is 0. The molecule has 0 bridgehead atoms. The minimum atomic E-state index is -0.430. The third-order valence-electron chi connectivity index (χ3n) is 1.52. The summed E-state index contributed by atoms with van der Waals surface area (Å²) < 4.78 is 0. The van der Waals surface area contributed by atoms with Crippen molar-refractivity contribution in [3.63, 3.8) is 0 Å². The molecule has 4 N–H and O–H groups in total. The average molecular weight is 194 g/mol. The number of aromatic nitrogens is 4. The minimum Gasteiger partial charge on any atom is -0.297 e. The largest absolute Gasteiger partial charge is 0.297 e. The normalized spacial score (nSPS) is 10.4. The summed E-state index contributed by atoms with van der Waals surface area (Å²) in [5.41, 5.74) is 3.78. The summed E-state index contributed by atoms with van der Waals surface area (Å²) in [6.07, 6.45) is 2.82. The molecule has 2 heterocycles. The average Bonchev–Trinajstić information content (AvgIpc) is 2.18. The van der Waals surface area contributed by atoms with Gasteiger partial charge in [-0.3, -0.25) is 20.4 Å². The molecule has 0 radical (unpaired) electrons. The van der Waals surface area contributed by atoms with Crippen molar-refractivity contribution in [2.75, 3.05) is 5.43 Å². The number of hydrogen-bond donors (Lipinski definition) is 4. The number of nitrogens with one attached hydrogen (secondary N) is 3. The number of fused-ring (bicyclic) bond motifs is 1. The third kappa shape index (κ3) is 1.39. The lowest BCUT2D eigenvalue weighted by molar-refractivity contribution is 0.191. The summed E-state index contributed by atoms with van der Waals surface area (Å²) in [5, 5.41) is 8.32. The van der Waals surface area contributed by atoms with Crippen LogP contribution in [0.4, 0.5) is 5.95 Å². The van der Waals surface area contributed by atoms with Crippen LogP contribution in [0.2, 0.25) is 0 Å². The zero-order chi connectivity index (χ0) is 9.97. The highest BCUT2D eigenvalue weighted by Gasteiger charge is 2.03. The SMILES string of the molecule is O=c1[nH]c(NNO)nc2nccnc12. The maximum atomic E-state index is 11.3. The molecule has 2 aromatic rings. The number of hydrazine groups is 1. The number of aromatic amines is 1. The van der Waals surface area contributed by atoms with E-state index < -0.39 is 5.56 Å². The summed E-state index contributed by atoms with van der Waals surface area (Å²) in [6.45, 7) is 0. The lowest BCUT2D eigenvalue weighted by atomic mass is 10.5. The van der Waals surface area contributed by atoms with E-state index in [4.69, 9.17) is 5.21 Å². The monoisotopic (exact) mass is 194 g/mol.